The van der Waals surface area contributed by atoms with Crippen molar-refractivity contribution in [3.05, 3.63) is 0 Å². The van der Waals surface area contributed by atoms with E-state index in [-0.39, 0.29) is 0 Å². The van der Waals surface area contributed by atoms with Crippen molar-refractivity contribution in [2.45, 2.75) is 13.3 Å². The first-order chi connectivity index (χ1) is 3.68. The van der Waals surface area contributed by atoms with Crippen molar-refractivity contribution in [2.24, 2.45) is 5.84 Å². The standard InChI is InChI=1S/C3H10N2O2S/c1-2-3-5(4)8(6)7/h2-4H2,1H3,(H,6,7)/p-1. The van der Waals surface area contributed by atoms with E-state index in [0.29, 0.717) is 6.54 Å². The lowest BCUT2D eigenvalue weighted by atomic mass is 10.5. The zero-order valence-electron chi connectivity index (χ0n) is 4.66. The number of nitrogens with two attached hydrogens (primary N) is 1. The Kier molecular flexibility index (Phi) is 3.98. The summed E-state index contributed by atoms with van der Waals surface area (Å²) in [6.07, 6.45) is 0.741. The molecule has 0 bridgehead atoms. The summed E-state index contributed by atoms with van der Waals surface area (Å²) in [5.74, 6) is 4.95. The quantitative estimate of drug-likeness (QED) is 0.320. The van der Waals surface area contributed by atoms with Gasteiger partial charge in [-0.2, -0.15) is 4.41 Å². The van der Waals surface area contributed by atoms with Gasteiger partial charge in [0.25, 0.3) is 0 Å². The van der Waals surface area contributed by atoms with E-state index in [9.17, 15) is 8.76 Å². The molecule has 0 rings (SSSR count). The summed E-state index contributed by atoms with van der Waals surface area (Å²) in [7, 11) is 0. The molecule has 0 heterocycles. The van der Waals surface area contributed by atoms with Crippen molar-refractivity contribution in [2.75, 3.05) is 6.54 Å². The Morgan fingerprint density at radius 3 is 2.50 bits per heavy atom. The second-order valence-corrected chi connectivity index (χ2v) is 2.26. The maximum atomic E-state index is 9.89. The van der Waals surface area contributed by atoms with Crippen LogP contribution in [0.4, 0.5) is 0 Å². The SMILES string of the molecule is CCCN(N)S(=O)[O-]. The molecular formula is C3H9N2O2S-. The molecule has 0 amide bonds. The average molecular weight is 137 g/mol. The van der Waals surface area contributed by atoms with E-state index in [2.05, 4.69) is 0 Å². The highest BCUT2D eigenvalue weighted by atomic mass is 32.2. The molecule has 0 aliphatic carbocycles. The smallest absolute Gasteiger partial charge is 0.0350 e. The van der Waals surface area contributed by atoms with Crippen molar-refractivity contribution >= 4 is 11.3 Å². The van der Waals surface area contributed by atoms with E-state index in [1.165, 1.54) is 0 Å². The predicted octanol–water partition coefficient (Wildman–Crippen LogP) is -0.634. The van der Waals surface area contributed by atoms with Crippen LogP contribution in [0, 0.1) is 0 Å². The molecule has 50 valence electrons. The van der Waals surface area contributed by atoms with Gasteiger partial charge in [-0.3, -0.25) is 10.1 Å². The number of hydrogen-bond donors (Lipinski definition) is 1. The van der Waals surface area contributed by atoms with Crippen molar-refractivity contribution in [3.8, 4) is 0 Å². The second kappa shape index (κ2) is 3.96. The molecule has 0 aliphatic rings. The maximum Gasteiger partial charge on any atom is 0.0350 e. The highest BCUT2D eigenvalue weighted by molar-refractivity contribution is 7.76. The van der Waals surface area contributed by atoms with E-state index in [0.717, 1.165) is 10.8 Å². The third-order valence-electron chi connectivity index (χ3n) is 0.635. The van der Waals surface area contributed by atoms with Gasteiger partial charge in [0.15, 0.2) is 0 Å². The van der Waals surface area contributed by atoms with Gasteiger partial charge in [-0.25, -0.2) is 0 Å². The van der Waals surface area contributed by atoms with E-state index in [1.54, 1.807) is 0 Å². The summed E-state index contributed by atoms with van der Waals surface area (Å²) in [6.45, 7) is 2.24. The fourth-order valence-electron chi connectivity index (χ4n) is 0.295. The van der Waals surface area contributed by atoms with E-state index >= 15 is 0 Å². The Balaban J connectivity index is 3.32. The van der Waals surface area contributed by atoms with Crippen LogP contribution in [-0.4, -0.2) is 19.7 Å². The maximum absolute atomic E-state index is 9.89. The third-order valence-corrected chi connectivity index (χ3v) is 1.20. The molecule has 0 saturated carbocycles. The van der Waals surface area contributed by atoms with Crippen LogP contribution >= 0.6 is 0 Å². The summed E-state index contributed by atoms with van der Waals surface area (Å²) >= 11 is -2.25. The molecule has 4 nitrogen and oxygen atoms in total. The predicted molar refractivity (Wildman–Crippen MR) is 30.1 cm³/mol. The number of hydrogen-bond acceptors (Lipinski definition) is 3. The highest BCUT2D eigenvalue weighted by Crippen LogP contribution is 1.83. The molecule has 0 fully saturated rings. The number of rotatable bonds is 3. The average Bonchev–Trinajstić information content (AvgIpc) is 1.67. The summed E-state index contributed by atoms with van der Waals surface area (Å²) in [5.41, 5.74) is 0. The topological polar surface area (TPSA) is 69.4 Å². The molecule has 1 unspecified atom stereocenters. The minimum atomic E-state index is -2.25. The summed E-state index contributed by atoms with van der Waals surface area (Å²) < 4.78 is 20.5. The minimum absolute atomic E-state index is 0.385. The van der Waals surface area contributed by atoms with Gasteiger partial charge in [0.1, 0.15) is 0 Å². The minimum Gasteiger partial charge on any atom is -0.759 e. The summed E-state index contributed by atoms with van der Waals surface area (Å²) in [5, 5.41) is 0. The van der Waals surface area contributed by atoms with Crippen LogP contribution in [0.3, 0.4) is 0 Å². The van der Waals surface area contributed by atoms with E-state index in [4.69, 9.17) is 5.84 Å². The Hall–Kier alpha value is 0.0300. The molecule has 0 spiro atoms. The highest BCUT2D eigenvalue weighted by Gasteiger charge is 1.91. The van der Waals surface area contributed by atoms with E-state index in [1.807, 2.05) is 6.92 Å². The molecular weight excluding hydrogens is 128 g/mol. The van der Waals surface area contributed by atoms with Gasteiger partial charge in [-0.15, -0.1) is 0 Å². The lowest BCUT2D eigenvalue weighted by molar-refractivity contribution is 0.398. The molecule has 8 heavy (non-hydrogen) atoms. The van der Waals surface area contributed by atoms with Crippen LogP contribution < -0.4 is 5.84 Å². The fraction of sp³-hybridized carbons (Fsp3) is 1.00. The fourth-order valence-corrected chi connectivity index (χ4v) is 0.627. The Bertz CT molecular complexity index is 87.4. The number of nitrogens with zero attached hydrogens (tertiary/aromatic N) is 1. The Labute approximate surface area is 51.1 Å². The van der Waals surface area contributed by atoms with Crippen molar-refractivity contribution in [3.63, 3.8) is 0 Å². The number of hydrazine groups is 1. The van der Waals surface area contributed by atoms with Crippen molar-refractivity contribution in [1.29, 1.82) is 0 Å². The first-order valence-electron chi connectivity index (χ1n) is 2.30. The Morgan fingerprint density at radius 1 is 1.88 bits per heavy atom. The summed E-state index contributed by atoms with van der Waals surface area (Å²) in [6, 6.07) is 0. The van der Waals surface area contributed by atoms with Crippen LogP contribution in [-0.2, 0) is 11.3 Å². The van der Waals surface area contributed by atoms with Gasteiger partial charge in [-0.05, 0) is 6.42 Å². The monoisotopic (exact) mass is 137 g/mol. The molecule has 0 saturated heterocycles. The van der Waals surface area contributed by atoms with E-state index < -0.39 is 11.3 Å². The normalized spacial score (nSPS) is 14.5. The second-order valence-electron chi connectivity index (χ2n) is 1.36. The molecule has 1 atom stereocenters. The van der Waals surface area contributed by atoms with Crippen LogP contribution in [0.5, 0.6) is 0 Å². The van der Waals surface area contributed by atoms with Crippen LogP contribution in [0.15, 0.2) is 0 Å². The molecule has 5 heteroatoms. The lowest BCUT2D eigenvalue weighted by Gasteiger charge is -2.16. The van der Waals surface area contributed by atoms with Gasteiger partial charge in [0.2, 0.25) is 0 Å². The third kappa shape index (κ3) is 3.09. The Morgan fingerprint density at radius 2 is 2.38 bits per heavy atom. The van der Waals surface area contributed by atoms with Crippen LogP contribution in [0.2, 0.25) is 0 Å². The molecule has 0 aromatic rings. The van der Waals surface area contributed by atoms with Gasteiger partial charge < -0.3 is 4.55 Å². The first kappa shape index (κ1) is 8.03. The van der Waals surface area contributed by atoms with Gasteiger partial charge in [0.05, 0.1) is 0 Å². The van der Waals surface area contributed by atoms with Gasteiger partial charge in [-0.1, -0.05) is 6.92 Å². The lowest BCUT2D eigenvalue weighted by Crippen LogP contribution is -2.33. The first-order valence-corrected chi connectivity index (χ1v) is 3.33. The molecule has 0 aromatic carbocycles. The summed E-state index contributed by atoms with van der Waals surface area (Å²) in [4.78, 5) is 0. The zero-order chi connectivity index (χ0) is 6.57. The van der Waals surface area contributed by atoms with Crippen LogP contribution in [0.25, 0.3) is 0 Å². The zero-order valence-corrected chi connectivity index (χ0v) is 5.48. The van der Waals surface area contributed by atoms with Gasteiger partial charge in [0, 0.05) is 17.8 Å². The molecule has 2 N–H and O–H groups in total. The largest absolute Gasteiger partial charge is 0.759 e. The van der Waals surface area contributed by atoms with Crippen LogP contribution in [0.1, 0.15) is 13.3 Å². The molecule has 0 aliphatic heterocycles. The van der Waals surface area contributed by atoms with Crippen molar-refractivity contribution in [1.82, 2.24) is 4.41 Å². The van der Waals surface area contributed by atoms with Gasteiger partial charge >= 0.3 is 0 Å². The van der Waals surface area contributed by atoms with Crippen molar-refractivity contribution < 1.29 is 8.76 Å². The molecule has 0 aromatic heterocycles. The molecule has 0 radical (unpaired) electrons.